The summed E-state index contributed by atoms with van der Waals surface area (Å²) in [6.07, 6.45) is 3.47. The number of hydrogen-bond donors (Lipinski definition) is 2. The van der Waals surface area contributed by atoms with Gasteiger partial charge in [0, 0.05) is 31.3 Å². The van der Waals surface area contributed by atoms with E-state index in [0.29, 0.717) is 12.4 Å². The molecule has 0 atom stereocenters. The molecule has 0 unspecified atom stereocenters. The Morgan fingerprint density at radius 3 is 2.69 bits per heavy atom. The number of aliphatic imine (C=N–C) groups is 1. The maximum absolute atomic E-state index is 5.55. The number of rotatable bonds is 9. The lowest BCUT2D eigenvalue weighted by Crippen LogP contribution is -2.32. The molecule has 0 aliphatic rings. The zero-order chi connectivity index (χ0) is 17.9. The standard InChI is InChI=1S/C19H27N3O3.HI/c1-4-11-20-19(21-12-10-16-7-6-13-25-16)22-15-8-9-17(24-5-2)18(14-15)23-3;/h6-9,13-14H,4-5,10-12H2,1-3H3,(H2,20,21,22);1H. The largest absolute Gasteiger partial charge is 0.493 e. The van der Waals surface area contributed by atoms with Gasteiger partial charge in [-0.1, -0.05) is 6.92 Å². The molecule has 6 nitrogen and oxygen atoms in total. The number of nitrogens with zero attached hydrogens (tertiary/aromatic N) is 1. The molecule has 26 heavy (non-hydrogen) atoms. The highest BCUT2D eigenvalue weighted by Crippen LogP contribution is 2.30. The minimum absolute atomic E-state index is 0. The summed E-state index contributed by atoms with van der Waals surface area (Å²) >= 11 is 0. The Bertz CT molecular complexity index is 660. The lowest BCUT2D eigenvalue weighted by atomic mass is 10.2. The number of anilines is 1. The van der Waals surface area contributed by atoms with E-state index in [1.54, 1.807) is 13.4 Å². The third-order valence-corrected chi connectivity index (χ3v) is 3.46. The SMILES string of the molecule is CCCN=C(NCCc1ccco1)Nc1ccc(OCC)c(OC)c1.I. The zero-order valence-electron chi connectivity index (χ0n) is 15.6. The molecule has 0 aliphatic carbocycles. The number of halogens is 1. The van der Waals surface area contributed by atoms with E-state index in [9.17, 15) is 0 Å². The summed E-state index contributed by atoms with van der Waals surface area (Å²) in [5.74, 6) is 3.11. The van der Waals surface area contributed by atoms with E-state index in [-0.39, 0.29) is 24.0 Å². The minimum atomic E-state index is 0. The summed E-state index contributed by atoms with van der Waals surface area (Å²) < 4.78 is 16.3. The Kier molecular flexibility index (Phi) is 10.6. The van der Waals surface area contributed by atoms with Crippen molar-refractivity contribution in [2.75, 3.05) is 32.1 Å². The fourth-order valence-electron chi connectivity index (χ4n) is 2.28. The molecule has 1 aromatic heterocycles. The third-order valence-electron chi connectivity index (χ3n) is 3.46. The normalized spacial score (nSPS) is 10.8. The highest BCUT2D eigenvalue weighted by Gasteiger charge is 2.07. The Balaban J connectivity index is 0.00000338. The Morgan fingerprint density at radius 1 is 1.19 bits per heavy atom. The molecule has 0 radical (unpaired) electrons. The fourth-order valence-corrected chi connectivity index (χ4v) is 2.28. The number of benzene rings is 1. The van der Waals surface area contributed by atoms with Gasteiger partial charge < -0.3 is 24.5 Å². The van der Waals surface area contributed by atoms with E-state index in [2.05, 4.69) is 22.5 Å². The molecular formula is C19H28IN3O3. The average Bonchev–Trinajstić information content (AvgIpc) is 3.14. The first-order valence-corrected chi connectivity index (χ1v) is 8.65. The molecule has 1 aromatic carbocycles. The van der Waals surface area contributed by atoms with Gasteiger partial charge >= 0.3 is 0 Å². The van der Waals surface area contributed by atoms with Crippen LogP contribution in [0.5, 0.6) is 11.5 Å². The zero-order valence-corrected chi connectivity index (χ0v) is 17.9. The van der Waals surface area contributed by atoms with E-state index >= 15 is 0 Å². The second-order valence-corrected chi connectivity index (χ2v) is 5.41. The molecule has 0 spiro atoms. The highest BCUT2D eigenvalue weighted by molar-refractivity contribution is 14.0. The molecule has 2 rings (SSSR count). The summed E-state index contributed by atoms with van der Waals surface area (Å²) in [5, 5.41) is 6.64. The first kappa shape index (κ1) is 22.1. The number of hydrogen-bond acceptors (Lipinski definition) is 4. The third kappa shape index (κ3) is 7.15. The van der Waals surface area contributed by atoms with Gasteiger partial charge in [0.25, 0.3) is 0 Å². The van der Waals surface area contributed by atoms with Crippen LogP contribution in [0.2, 0.25) is 0 Å². The average molecular weight is 473 g/mol. The van der Waals surface area contributed by atoms with Gasteiger partial charge in [0.2, 0.25) is 0 Å². The van der Waals surface area contributed by atoms with Crippen molar-refractivity contribution in [3.05, 3.63) is 42.4 Å². The van der Waals surface area contributed by atoms with Crippen LogP contribution < -0.4 is 20.1 Å². The number of methoxy groups -OCH3 is 1. The monoisotopic (exact) mass is 473 g/mol. The minimum Gasteiger partial charge on any atom is -0.493 e. The Hall–Kier alpha value is -1.90. The predicted molar refractivity (Wildman–Crippen MR) is 116 cm³/mol. The van der Waals surface area contributed by atoms with Crippen LogP contribution in [0.15, 0.2) is 46.0 Å². The summed E-state index contributed by atoms with van der Waals surface area (Å²) in [7, 11) is 1.63. The number of guanidine groups is 1. The van der Waals surface area contributed by atoms with E-state index < -0.39 is 0 Å². The lowest BCUT2D eigenvalue weighted by molar-refractivity contribution is 0.311. The molecule has 2 aromatic rings. The van der Waals surface area contributed by atoms with Crippen molar-refractivity contribution in [2.45, 2.75) is 26.7 Å². The summed E-state index contributed by atoms with van der Waals surface area (Å²) in [4.78, 5) is 4.56. The van der Waals surface area contributed by atoms with Gasteiger partial charge in [0.05, 0.1) is 20.0 Å². The molecule has 2 N–H and O–H groups in total. The molecule has 7 heteroatoms. The van der Waals surface area contributed by atoms with E-state index in [0.717, 1.165) is 49.1 Å². The molecule has 1 heterocycles. The second-order valence-electron chi connectivity index (χ2n) is 5.41. The molecule has 0 saturated heterocycles. The first-order chi connectivity index (χ1) is 12.3. The van der Waals surface area contributed by atoms with Crippen molar-refractivity contribution < 1.29 is 13.9 Å². The maximum atomic E-state index is 5.55. The molecular weight excluding hydrogens is 445 g/mol. The van der Waals surface area contributed by atoms with E-state index in [1.807, 2.05) is 37.3 Å². The van der Waals surface area contributed by atoms with Gasteiger partial charge in [0.15, 0.2) is 17.5 Å². The van der Waals surface area contributed by atoms with Crippen molar-refractivity contribution >= 4 is 35.6 Å². The summed E-state index contributed by atoms with van der Waals surface area (Å²) in [5.41, 5.74) is 0.889. The van der Waals surface area contributed by atoms with Crippen molar-refractivity contribution in [1.29, 1.82) is 0 Å². The fraction of sp³-hybridized carbons (Fsp3) is 0.421. The summed E-state index contributed by atoms with van der Waals surface area (Å²) in [6, 6.07) is 9.61. The van der Waals surface area contributed by atoms with E-state index in [1.165, 1.54) is 0 Å². The summed E-state index contributed by atoms with van der Waals surface area (Å²) in [6.45, 7) is 6.14. The van der Waals surface area contributed by atoms with E-state index in [4.69, 9.17) is 13.9 Å². The van der Waals surface area contributed by atoms with Crippen LogP contribution in [0, 0.1) is 0 Å². The van der Waals surface area contributed by atoms with Crippen LogP contribution in [-0.2, 0) is 6.42 Å². The number of furan rings is 1. The van der Waals surface area contributed by atoms with Gasteiger partial charge in [-0.05, 0) is 37.6 Å². The maximum Gasteiger partial charge on any atom is 0.195 e. The van der Waals surface area contributed by atoms with Crippen molar-refractivity contribution in [1.82, 2.24) is 5.32 Å². The highest BCUT2D eigenvalue weighted by atomic mass is 127. The van der Waals surface area contributed by atoms with Gasteiger partial charge in [-0.25, -0.2) is 0 Å². The number of ether oxygens (including phenoxy) is 2. The van der Waals surface area contributed by atoms with Crippen molar-refractivity contribution in [3.63, 3.8) is 0 Å². The van der Waals surface area contributed by atoms with Crippen molar-refractivity contribution in [2.24, 2.45) is 4.99 Å². The van der Waals surface area contributed by atoms with Crippen LogP contribution in [-0.4, -0.2) is 32.8 Å². The molecule has 0 amide bonds. The topological polar surface area (TPSA) is 68.0 Å². The van der Waals surface area contributed by atoms with Gasteiger partial charge in [-0.2, -0.15) is 0 Å². The predicted octanol–water partition coefficient (Wildman–Crippen LogP) is 4.32. The van der Waals surface area contributed by atoms with Crippen LogP contribution >= 0.6 is 24.0 Å². The van der Waals surface area contributed by atoms with Gasteiger partial charge in [-0.3, -0.25) is 4.99 Å². The van der Waals surface area contributed by atoms with Crippen molar-refractivity contribution in [3.8, 4) is 11.5 Å². The van der Waals surface area contributed by atoms with Gasteiger partial charge in [-0.15, -0.1) is 24.0 Å². The van der Waals surface area contributed by atoms with Crippen LogP contribution in [0.1, 0.15) is 26.0 Å². The molecule has 144 valence electrons. The smallest absolute Gasteiger partial charge is 0.195 e. The Labute approximate surface area is 172 Å². The first-order valence-electron chi connectivity index (χ1n) is 8.65. The lowest BCUT2D eigenvalue weighted by Gasteiger charge is -2.15. The van der Waals surface area contributed by atoms with Gasteiger partial charge in [0.1, 0.15) is 5.76 Å². The molecule has 0 saturated carbocycles. The molecule has 0 aliphatic heterocycles. The second kappa shape index (κ2) is 12.5. The quantitative estimate of drug-likeness (QED) is 0.323. The molecule has 0 bridgehead atoms. The molecule has 0 fully saturated rings. The van der Waals surface area contributed by atoms with Crippen LogP contribution in [0.3, 0.4) is 0 Å². The Morgan fingerprint density at radius 2 is 2.04 bits per heavy atom. The number of nitrogens with one attached hydrogen (secondary N) is 2. The van der Waals surface area contributed by atoms with Crippen LogP contribution in [0.25, 0.3) is 0 Å². The van der Waals surface area contributed by atoms with Crippen LogP contribution in [0.4, 0.5) is 5.69 Å².